The normalized spacial score (nSPS) is 11.4. The van der Waals surface area contributed by atoms with E-state index in [2.05, 4.69) is 19.7 Å². The molecule has 0 spiro atoms. The minimum absolute atomic E-state index is 0.0695. The highest BCUT2D eigenvalue weighted by atomic mass is 32.2. The SMILES string of the molecule is Cc1ncc(S(=O)(=O)Nc2nc(CC(=O)O)cs2)[nH]1. The molecular weight excluding hydrogens is 292 g/mol. The van der Waals surface area contributed by atoms with E-state index in [-0.39, 0.29) is 16.6 Å². The van der Waals surface area contributed by atoms with Crippen molar-refractivity contribution < 1.29 is 18.3 Å². The number of H-pyrrole nitrogens is 1. The third-order valence-corrected chi connectivity index (χ3v) is 4.26. The fourth-order valence-electron chi connectivity index (χ4n) is 1.29. The number of hydrogen-bond donors (Lipinski definition) is 3. The Kier molecular flexibility index (Phi) is 3.53. The van der Waals surface area contributed by atoms with Crippen LogP contribution >= 0.6 is 11.3 Å². The second-order valence-electron chi connectivity index (χ2n) is 3.65. The van der Waals surface area contributed by atoms with Gasteiger partial charge in [-0.3, -0.25) is 9.52 Å². The van der Waals surface area contributed by atoms with Gasteiger partial charge in [-0.15, -0.1) is 11.3 Å². The van der Waals surface area contributed by atoms with Crippen LogP contribution in [0.15, 0.2) is 16.6 Å². The third kappa shape index (κ3) is 3.29. The zero-order valence-corrected chi connectivity index (χ0v) is 11.4. The molecule has 0 bridgehead atoms. The van der Waals surface area contributed by atoms with E-state index in [0.717, 1.165) is 11.3 Å². The van der Waals surface area contributed by atoms with Crippen LogP contribution in [0.3, 0.4) is 0 Å². The molecule has 0 amide bonds. The van der Waals surface area contributed by atoms with Gasteiger partial charge in [0, 0.05) is 5.38 Å². The van der Waals surface area contributed by atoms with Gasteiger partial charge in [0.1, 0.15) is 5.82 Å². The van der Waals surface area contributed by atoms with Crippen molar-refractivity contribution in [2.45, 2.75) is 18.4 Å². The van der Waals surface area contributed by atoms with Crippen molar-refractivity contribution in [3.8, 4) is 0 Å². The number of aromatic amines is 1. The molecule has 0 saturated carbocycles. The highest BCUT2D eigenvalue weighted by molar-refractivity contribution is 7.92. The number of nitrogens with one attached hydrogen (secondary N) is 2. The van der Waals surface area contributed by atoms with Crippen LogP contribution in [0.4, 0.5) is 5.13 Å². The smallest absolute Gasteiger partial charge is 0.309 e. The Morgan fingerprint density at radius 1 is 1.58 bits per heavy atom. The van der Waals surface area contributed by atoms with Crippen LogP contribution in [0, 0.1) is 6.92 Å². The molecule has 3 N–H and O–H groups in total. The summed E-state index contributed by atoms with van der Waals surface area (Å²) < 4.78 is 26.1. The molecule has 102 valence electrons. The molecule has 0 radical (unpaired) electrons. The van der Waals surface area contributed by atoms with Gasteiger partial charge in [-0.05, 0) is 6.92 Å². The van der Waals surface area contributed by atoms with Gasteiger partial charge in [0.2, 0.25) is 0 Å². The summed E-state index contributed by atoms with van der Waals surface area (Å²) in [5.41, 5.74) is 0.302. The van der Waals surface area contributed by atoms with Gasteiger partial charge in [-0.25, -0.2) is 9.97 Å². The molecular formula is C9H10N4O4S2. The molecule has 0 saturated heterocycles. The summed E-state index contributed by atoms with van der Waals surface area (Å²) in [6, 6.07) is 0. The Morgan fingerprint density at radius 3 is 2.89 bits per heavy atom. The maximum absolute atomic E-state index is 11.9. The number of aryl methyl sites for hydroxylation is 1. The van der Waals surface area contributed by atoms with Crippen LogP contribution < -0.4 is 4.72 Å². The molecule has 2 aromatic heterocycles. The number of imidazole rings is 1. The highest BCUT2D eigenvalue weighted by Crippen LogP contribution is 2.19. The number of thiazole rings is 1. The summed E-state index contributed by atoms with van der Waals surface area (Å²) >= 11 is 1.02. The lowest BCUT2D eigenvalue weighted by Crippen LogP contribution is -2.13. The molecule has 2 rings (SSSR count). The van der Waals surface area contributed by atoms with Crippen molar-refractivity contribution in [1.82, 2.24) is 15.0 Å². The topological polar surface area (TPSA) is 125 Å². The first-order valence-electron chi connectivity index (χ1n) is 5.07. The first kappa shape index (κ1) is 13.5. The van der Waals surface area contributed by atoms with Gasteiger partial charge in [0.25, 0.3) is 10.0 Å². The van der Waals surface area contributed by atoms with Crippen LogP contribution in [0.5, 0.6) is 0 Å². The van der Waals surface area contributed by atoms with Crippen LogP contribution in [-0.4, -0.2) is 34.4 Å². The van der Waals surface area contributed by atoms with Crippen LogP contribution in [-0.2, 0) is 21.2 Å². The van der Waals surface area contributed by atoms with E-state index in [1.165, 1.54) is 11.6 Å². The molecule has 0 atom stereocenters. The van der Waals surface area contributed by atoms with Crippen molar-refractivity contribution in [2.75, 3.05) is 4.72 Å². The van der Waals surface area contributed by atoms with E-state index in [0.29, 0.717) is 11.5 Å². The number of sulfonamides is 1. The van der Waals surface area contributed by atoms with Gasteiger partial charge >= 0.3 is 5.97 Å². The van der Waals surface area contributed by atoms with Crippen molar-refractivity contribution in [2.24, 2.45) is 0 Å². The van der Waals surface area contributed by atoms with E-state index in [9.17, 15) is 13.2 Å². The molecule has 8 nitrogen and oxygen atoms in total. The Balaban J connectivity index is 2.16. The standard InChI is InChI=1S/C9H10N4O4S2/c1-5-10-3-7(11-5)19(16,17)13-9-12-6(4-18-9)2-8(14)15/h3-4H,2H2,1H3,(H,10,11)(H,12,13)(H,14,15). The number of rotatable bonds is 5. The third-order valence-electron chi connectivity index (χ3n) is 2.07. The van der Waals surface area contributed by atoms with Gasteiger partial charge < -0.3 is 10.1 Å². The van der Waals surface area contributed by atoms with E-state index < -0.39 is 16.0 Å². The molecule has 0 aliphatic rings. The monoisotopic (exact) mass is 302 g/mol. The van der Waals surface area contributed by atoms with Crippen LogP contribution in [0.2, 0.25) is 0 Å². The number of anilines is 1. The molecule has 2 aromatic rings. The Hall–Kier alpha value is -1.94. The molecule has 0 aliphatic carbocycles. The van der Waals surface area contributed by atoms with Gasteiger partial charge in [0.15, 0.2) is 10.2 Å². The lowest BCUT2D eigenvalue weighted by atomic mass is 10.3. The van der Waals surface area contributed by atoms with Crippen molar-refractivity contribution in [3.05, 3.63) is 23.1 Å². The predicted molar refractivity (Wildman–Crippen MR) is 67.6 cm³/mol. The van der Waals surface area contributed by atoms with Crippen LogP contribution in [0.25, 0.3) is 0 Å². The summed E-state index contributed by atoms with van der Waals surface area (Å²) in [7, 11) is -3.78. The number of hydrogen-bond acceptors (Lipinski definition) is 6. The van der Waals surface area contributed by atoms with E-state index in [4.69, 9.17) is 5.11 Å². The lowest BCUT2D eigenvalue weighted by molar-refractivity contribution is -0.136. The minimum atomic E-state index is -3.78. The average molecular weight is 302 g/mol. The average Bonchev–Trinajstić information content (AvgIpc) is 2.87. The maximum atomic E-state index is 11.9. The Morgan fingerprint density at radius 2 is 2.32 bits per heavy atom. The van der Waals surface area contributed by atoms with Crippen molar-refractivity contribution in [1.29, 1.82) is 0 Å². The molecule has 2 heterocycles. The zero-order chi connectivity index (χ0) is 14.0. The summed E-state index contributed by atoms with van der Waals surface area (Å²) in [5, 5.41) is 10.1. The molecule has 0 unspecified atom stereocenters. The summed E-state index contributed by atoms with van der Waals surface area (Å²) in [4.78, 5) is 20.8. The zero-order valence-electron chi connectivity index (χ0n) is 9.74. The fourth-order valence-corrected chi connectivity index (χ4v) is 3.23. The van der Waals surface area contributed by atoms with E-state index in [1.807, 2.05) is 0 Å². The van der Waals surface area contributed by atoms with Crippen molar-refractivity contribution >= 4 is 32.5 Å². The van der Waals surface area contributed by atoms with Crippen LogP contribution in [0.1, 0.15) is 11.5 Å². The lowest BCUT2D eigenvalue weighted by Gasteiger charge is -2.01. The second kappa shape index (κ2) is 4.97. The number of aromatic nitrogens is 3. The number of carbonyl (C=O) groups is 1. The molecule has 10 heteroatoms. The molecule has 19 heavy (non-hydrogen) atoms. The second-order valence-corrected chi connectivity index (χ2v) is 6.16. The Bertz CT molecular complexity index is 703. The number of carboxylic acid groups (broad SMARTS) is 1. The fraction of sp³-hybridized carbons (Fsp3) is 0.222. The first-order chi connectivity index (χ1) is 8.87. The van der Waals surface area contributed by atoms with Gasteiger partial charge in [-0.1, -0.05) is 0 Å². The first-order valence-corrected chi connectivity index (χ1v) is 7.44. The number of aliphatic carboxylic acids is 1. The molecule has 0 aliphatic heterocycles. The highest BCUT2D eigenvalue weighted by Gasteiger charge is 2.18. The summed E-state index contributed by atoms with van der Waals surface area (Å²) in [5.74, 6) is -0.546. The van der Waals surface area contributed by atoms with E-state index in [1.54, 1.807) is 6.92 Å². The number of carboxylic acids is 1. The van der Waals surface area contributed by atoms with Gasteiger partial charge in [-0.2, -0.15) is 8.42 Å². The summed E-state index contributed by atoms with van der Waals surface area (Å²) in [6.45, 7) is 1.63. The maximum Gasteiger partial charge on any atom is 0.309 e. The van der Waals surface area contributed by atoms with E-state index >= 15 is 0 Å². The Labute approximate surface area is 112 Å². The number of nitrogens with zero attached hydrogens (tertiary/aromatic N) is 2. The minimum Gasteiger partial charge on any atom is -0.481 e. The van der Waals surface area contributed by atoms with Gasteiger partial charge in [0.05, 0.1) is 18.3 Å². The largest absolute Gasteiger partial charge is 0.481 e. The van der Waals surface area contributed by atoms with Crippen molar-refractivity contribution in [3.63, 3.8) is 0 Å². The molecule has 0 aromatic carbocycles. The molecule has 0 fully saturated rings. The quantitative estimate of drug-likeness (QED) is 0.742. The summed E-state index contributed by atoms with van der Waals surface area (Å²) in [6.07, 6.45) is 0.949. The predicted octanol–water partition coefficient (Wildman–Crippen LogP) is 0.603.